The Morgan fingerprint density at radius 1 is 0.833 bits per heavy atom. The number of esters is 1. The van der Waals surface area contributed by atoms with Crippen LogP contribution in [0.15, 0.2) is 29.4 Å². The van der Waals surface area contributed by atoms with Crippen LogP contribution >= 0.6 is 0 Å². The van der Waals surface area contributed by atoms with Gasteiger partial charge in [0.15, 0.2) is 0 Å². The van der Waals surface area contributed by atoms with Crippen LogP contribution in [0.25, 0.3) is 0 Å². The Hall–Kier alpha value is -2.68. The standard InChI is InChI=1S/C33H58N4O5/c1-3-4-5-6-9-14-20-29(2)42-32(40)22-16-11-8-13-18-25-36(24-17-12-7-10-15-21-31(38)39)26-19-27-37-28-23-30(34)35-33(37)41/h23,28H,2-22,24-27H2,1H3,(H,38,39)(H2,34,35,41). The van der Waals surface area contributed by atoms with Crippen LogP contribution in [0.1, 0.15) is 135 Å². The van der Waals surface area contributed by atoms with E-state index < -0.39 is 5.97 Å². The van der Waals surface area contributed by atoms with Crippen LogP contribution in [0.3, 0.4) is 0 Å². The van der Waals surface area contributed by atoms with Gasteiger partial charge in [-0.25, -0.2) is 4.79 Å². The molecule has 240 valence electrons. The van der Waals surface area contributed by atoms with Gasteiger partial charge in [0.05, 0.1) is 0 Å². The normalized spacial score (nSPS) is 11.2. The summed E-state index contributed by atoms with van der Waals surface area (Å²) in [6.07, 6.45) is 21.4. The van der Waals surface area contributed by atoms with Crippen LogP contribution < -0.4 is 11.4 Å². The monoisotopic (exact) mass is 590 g/mol. The quantitative estimate of drug-likeness (QED) is 0.0601. The molecule has 0 radical (unpaired) electrons. The third-order valence-corrected chi connectivity index (χ3v) is 7.56. The van der Waals surface area contributed by atoms with Gasteiger partial charge in [-0.15, -0.1) is 0 Å². The molecule has 1 aromatic heterocycles. The first kappa shape index (κ1) is 37.3. The van der Waals surface area contributed by atoms with Gasteiger partial charge in [0.1, 0.15) is 11.6 Å². The van der Waals surface area contributed by atoms with Crippen LogP contribution in [-0.2, 0) is 20.9 Å². The lowest BCUT2D eigenvalue weighted by Gasteiger charge is -2.22. The molecule has 1 aromatic rings. The largest absolute Gasteiger partial charge is 0.481 e. The van der Waals surface area contributed by atoms with E-state index in [0.29, 0.717) is 18.7 Å². The Balaban J connectivity index is 2.24. The number of hydrogen-bond donors (Lipinski definition) is 2. The first-order valence-electron chi connectivity index (χ1n) is 16.5. The van der Waals surface area contributed by atoms with Crippen LogP contribution in [0.5, 0.6) is 0 Å². The third-order valence-electron chi connectivity index (χ3n) is 7.56. The van der Waals surface area contributed by atoms with Gasteiger partial charge in [-0.2, -0.15) is 4.98 Å². The molecular weight excluding hydrogens is 532 g/mol. The second-order valence-corrected chi connectivity index (χ2v) is 11.5. The zero-order chi connectivity index (χ0) is 30.8. The van der Waals surface area contributed by atoms with Crippen molar-refractivity contribution in [2.75, 3.05) is 25.4 Å². The van der Waals surface area contributed by atoms with Crippen molar-refractivity contribution >= 4 is 17.8 Å². The minimum atomic E-state index is -0.721. The van der Waals surface area contributed by atoms with Crippen LogP contribution in [0, 0.1) is 0 Å². The zero-order valence-electron chi connectivity index (χ0n) is 26.3. The summed E-state index contributed by atoms with van der Waals surface area (Å²) in [5.74, 6) is -0.0304. The van der Waals surface area contributed by atoms with E-state index in [-0.39, 0.29) is 23.9 Å². The highest BCUT2D eigenvalue weighted by Gasteiger charge is 2.08. The molecule has 0 saturated heterocycles. The van der Waals surface area contributed by atoms with E-state index in [1.54, 1.807) is 16.8 Å². The lowest BCUT2D eigenvalue weighted by molar-refractivity contribution is -0.140. The highest BCUT2D eigenvalue weighted by molar-refractivity contribution is 5.70. The molecule has 0 spiro atoms. The fourth-order valence-corrected chi connectivity index (χ4v) is 5.05. The van der Waals surface area contributed by atoms with Crippen molar-refractivity contribution in [1.82, 2.24) is 14.5 Å². The van der Waals surface area contributed by atoms with Crippen LogP contribution in [0.4, 0.5) is 5.82 Å². The molecule has 0 aliphatic rings. The molecule has 0 fully saturated rings. The topological polar surface area (TPSA) is 128 Å². The van der Waals surface area contributed by atoms with Gasteiger partial charge >= 0.3 is 17.6 Å². The first-order valence-corrected chi connectivity index (χ1v) is 16.5. The molecule has 0 atom stereocenters. The lowest BCUT2D eigenvalue weighted by atomic mass is 10.1. The van der Waals surface area contributed by atoms with Crippen LogP contribution in [0.2, 0.25) is 0 Å². The second kappa shape index (κ2) is 24.9. The number of allylic oxidation sites excluding steroid dienone is 1. The van der Waals surface area contributed by atoms with Crippen molar-refractivity contribution in [3.63, 3.8) is 0 Å². The number of carboxylic acids is 1. The number of unbranched alkanes of at least 4 members (excludes halogenated alkanes) is 13. The molecule has 0 unspecified atom stereocenters. The van der Waals surface area contributed by atoms with E-state index in [1.807, 2.05) is 0 Å². The summed E-state index contributed by atoms with van der Waals surface area (Å²) in [6, 6.07) is 1.65. The van der Waals surface area contributed by atoms with Gasteiger partial charge in [-0.1, -0.05) is 84.1 Å². The van der Waals surface area contributed by atoms with Crippen molar-refractivity contribution in [2.24, 2.45) is 0 Å². The van der Waals surface area contributed by atoms with E-state index in [0.717, 1.165) is 103 Å². The molecule has 9 heteroatoms. The van der Waals surface area contributed by atoms with E-state index in [9.17, 15) is 14.4 Å². The van der Waals surface area contributed by atoms with Crippen molar-refractivity contribution in [2.45, 2.75) is 142 Å². The number of nitrogen functional groups attached to an aromatic ring is 1. The lowest BCUT2D eigenvalue weighted by Crippen LogP contribution is -2.30. The number of nitrogens with zero attached hydrogens (tertiary/aromatic N) is 3. The summed E-state index contributed by atoms with van der Waals surface area (Å²) < 4.78 is 7.00. The summed E-state index contributed by atoms with van der Waals surface area (Å²) in [5, 5.41) is 8.78. The van der Waals surface area contributed by atoms with Gasteiger partial charge in [-0.3, -0.25) is 14.2 Å². The van der Waals surface area contributed by atoms with E-state index >= 15 is 0 Å². The number of anilines is 1. The number of carbonyl (C=O) groups is 2. The fraction of sp³-hybridized carbons (Fsp3) is 0.758. The molecule has 0 bridgehead atoms. The molecule has 0 aromatic carbocycles. The van der Waals surface area contributed by atoms with Crippen molar-refractivity contribution in [3.05, 3.63) is 35.1 Å². The van der Waals surface area contributed by atoms with Crippen LogP contribution in [-0.4, -0.2) is 51.1 Å². The Kier molecular flexibility index (Phi) is 22.1. The summed E-state index contributed by atoms with van der Waals surface area (Å²) in [6.45, 7) is 9.65. The molecule has 42 heavy (non-hydrogen) atoms. The predicted octanol–water partition coefficient (Wildman–Crippen LogP) is 7.09. The Labute approximate surface area is 253 Å². The molecule has 0 aliphatic heterocycles. The highest BCUT2D eigenvalue weighted by Crippen LogP contribution is 2.14. The zero-order valence-corrected chi connectivity index (χ0v) is 26.3. The number of carboxylic acid groups (broad SMARTS) is 1. The molecular formula is C33H58N4O5. The highest BCUT2D eigenvalue weighted by atomic mass is 16.5. The second-order valence-electron chi connectivity index (χ2n) is 11.5. The first-order chi connectivity index (χ1) is 20.3. The maximum atomic E-state index is 12.1. The number of aromatic nitrogens is 2. The average molecular weight is 591 g/mol. The Bertz CT molecular complexity index is 933. The smallest absolute Gasteiger partial charge is 0.349 e. The summed E-state index contributed by atoms with van der Waals surface area (Å²) >= 11 is 0. The number of aryl methyl sites for hydroxylation is 1. The molecule has 9 nitrogen and oxygen atoms in total. The number of nitrogens with two attached hydrogens (primary N) is 1. The minimum absolute atomic E-state index is 0.157. The van der Waals surface area contributed by atoms with Gasteiger partial charge in [-0.05, 0) is 64.2 Å². The molecule has 0 saturated carbocycles. The van der Waals surface area contributed by atoms with Gasteiger partial charge in [0, 0.05) is 32.0 Å². The van der Waals surface area contributed by atoms with E-state index in [4.69, 9.17) is 15.6 Å². The predicted molar refractivity (Wildman–Crippen MR) is 170 cm³/mol. The van der Waals surface area contributed by atoms with E-state index in [1.165, 1.54) is 32.1 Å². The fourth-order valence-electron chi connectivity index (χ4n) is 5.05. The third kappa shape index (κ3) is 21.1. The minimum Gasteiger partial charge on any atom is -0.481 e. The van der Waals surface area contributed by atoms with Gasteiger partial charge in [0.25, 0.3) is 0 Å². The van der Waals surface area contributed by atoms with Gasteiger partial charge < -0.3 is 20.5 Å². The average Bonchev–Trinajstić information content (AvgIpc) is 2.94. The molecule has 1 heterocycles. The molecule has 0 aliphatic carbocycles. The summed E-state index contributed by atoms with van der Waals surface area (Å²) in [7, 11) is 0. The van der Waals surface area contributed by atoms with Crippen molar-refractivity contribution in [3.8, 4) is 0 Å². The number of rotatable bonds is 28. The van der Waals surface area contributed by atoms with E-state index in [2.05, 4.69) is 23.4 Å². The van der Waals surface area contributed by atoms with Crippen molar-refractivity contribution in [1.29, 1.82) is 0 Å². The number of ether oxygens (including phenoxy) is 1. The number of hydrogen-bond acceptors (Lipinski definition) is 7. The molecule has 3 N–H and O–H groups in total. The molecule has 0 amide bonds. The van der Waals surface area contributed by atoms with Crippen molar-refractivity contribution < 1.29 is 19.4 Å². The maximum absolute atomic E-state index is 12.1. The summed E-state index contributed by atoms with van der Waals surface area (Å²) in [4.78, 5) is 41.1. The molecule has 1 rings (SSSR count). The number of carbonyl (C=O) groups excluding carboxylic acids is 1. The number of aliphatic carboxylic acids is 1. The van der Waals surface area contributed by atoms with Gasteiger partial charge in [0.2, 0.25) is 0 Å². The Morgan fingerprint density at radius 2 is 1.36 bits per heavy atom. The SMILES string of the molecule is C=C(CCCCCCCC)OC(=O)CCCCCCCN(CCCCCCCC(=O)O)CCCn1ccc(N)nc1=O. The maximum Gasteiger partial charge on any atom is 0.349 e. The summed E-state index contributed by atoms with van der Waals surface area (Å²) in [5.41, 5.74) is 5.28. The Morgan fingerprint density at radius 3 is 1.95 bits per heavy atom.